The van der Waals surface area contributed by atoms with Crippen LogP contribution in [0.1, 0.15) is 15.9 Å². The van der Waals surface area contributed by atoms with Gasteiger partial charge in [0.2, 0.25) is 0 Å². The van der Waals surface area contributed by atoms with E-state index in [2.05, 4.69) is 49.2 Å². The van der Waals surface area contributed by atoms with Gasteiger partial charge in [-0.15, -0.1) is 0 Å². The second-order valence-corrected chi connectivity index (χ2v) is 10.0. The molecule has 39 heavy (non-hydrogen) atoms. The Morgan fingerprint density at radius 2 is 1.69 bits per heavy atom. The monoisotopic (exact) mass is 518 g/mol. The maximum atomic E-state index is 13.0. The number of aromatic nitrogens is 3. The van der Waals surface area contributed by atoms with Crippen molar-refractivity contribution in [2.24, 2.45) is 0 Å². The predicted octanol–water partition coefficient (Wildman–Crippen LogP) is 5.00. The molecule has 1 fully saturated rings. The minimum atomic E-state index is -0.192. The van der Waals surface area contributed by atoms with Crippen molar-refractivity contribution in [3.8, 4) is 28.3 Å². The summed E-state index contributed by atoms with van der Waals surface area (Å²) in [6.45, 7) is 5.25. The lowest BCUT2D eigenvalue weighted by Crippen LogP contribution is -2.43. The van der Waals surface area contributed by atoms with Gasteiger partial charge in [-0.05, 0) is 78.3 Å². The van der Waals surface area contributed by atoms with E-state index in [-0.39, 0.29) is 11.7 Å². The summed E-state index contributed by atoms with van der Waals surface area (Å²) in [5.41, 5.74) is 6.47. The summed E-state index contributed by atoms with van der Waals surface area (Å²) >= 11 is 0. The number of amides is 1. The van der Waals surface area contributed by atoms with Crippen LogP contribution in [-0.2, 0) is 6.54 Å². The highest BCUT2D eigenvalue weighted by molar-refractivity contribution is 6.06. The number of H-pyrrole nitrogens is 1. The van der Waals surface area contributed by atoms with E-state index < -0.39 is 0 Å². The molecule has 3 aromatic carbocycles. The summed E-state index contributed by atoms with van der Waals surface area (Å²) in [7, 11) is 2.16. The van der Waals surface area contributed by atoms with Crippen molar-refractivity contribution in [1.29, 1.82) is 0 Å². The number of hydrogen-bond donors (Lipinski definition) is 3. The molecule has 1 aliphatic heterocycles. The Balaban J connectivity index is 1.17. The van der Waals surface area contributed by atoms with Gasteiger partial charge < -0.3 is 20.3 Å². The maximum Gasteiger partial charge on any atom is 0.255 e. The van der Waals surface area contributed by atoms with Gasteiger partial charge in [0.25, 0.3) is 5.91 Å². The molecule has 196 valence electrons. The summed E-state index contributed by atoms with van der Waals surface area (Å²) in [5.74, 6) is 0.468. The van der Waals surface area contributed by atoms with Crippen molar-refractivity contribution >= 4 is 22.6 Å². The van der Waals surface area contributed by atoms with Crippen molar-refractivity contribution in [2.75, 3.05) is 38.5 Å². The Kier molecular flexibility index (Phi) is 6.79. The number of carbonyl (C=O) groups is 1. The number of anilines is 1. The van der Waals surface area contributed by atoms with Crippen LogP contribution in [0.2, 0.25) is 0 Å². The van der Waals surface area contributed by atoms with Crippen molar-refractivity contribution in [2.45, 2.75) is 6.54 Å². The predicted molar refractivity (Wildman–Crippen MR) is 154 cm³/mol. The van der Waals surface area contributed by atoms with E-state index in [4.69, 9.17) is 0 Å². The molecule has 5 aromatic rings. The molecule has 0 saturated carbocycles. The molecule has 0 unspecified atom stereocenters. The number of hydrogen-bond acceptors (Lipinski definition) is 6. The number of nitrogens with one attached hydrogen (secondary N) is 2. The summed E-state index contributed by atoms with van der Waals surface area (Å²) in [6, 6.07) is 22.7. The lowest BCUT2D eigenvalue weighted by atomic mass is 10.0. The Hall–Kier alpha value is -4.53. The van der Waals surface area contributed by atoms with Crippen LogP contribution in [-0.4, -0.2) is 69.0 Å². The highest BCUT2D eigenvalue weighted by atomic mass is 16.3. The van der Waals surface area contributed by atoms with Crippen molar-refractivity contribution in [3.05, 3.63) is 96.3 Å². The zero-order chi connectivity index (χ0) is 26.8. The standard InChI is InChI=1S/C31H30N6O2/c1-36-14-16-37(17-15-36)20-21-2-6-25(7-3-21)33-31(39)24-4-8-27-28(19-24)35-30(34-27)26-18-23(5-9-29(26)38)22-10-12-32-13-11-22/h2-13,18-19,38H,14-17,20H2,1H3,(H,33,39)(H,34,35). The molecule has 3 N–H and O–H groups in total. The van der Waals surface area contributed by atoms with Crippen molar-refractivity contribution < 1.29 is 9.90 Å². The fraction of sp³-hybridized carbons (Fsp3) is 0.194. The van der Waals surface area contributed by atoms with E-state index in [0.717, 1.165) is 49.5 Å². The second-order valence-electron chi connectivity index (χ2n) is 10.0. The molecule has 0 radical (unpaired) electrons. The fourth-order valence-corrected chi connectivity index (χ4v) is 4.89. The third-order valence-electron chi connectivity index (χ3n) is 7.22. The number of piperazine rings is 1. The van der Waals surface area contributed by atoms with Crippen LogP contribution in [0.5, 0.6) is 5.75 Å². The van der Waals surface area contributed by atoms with Crippen LogP contribution in [0, 0.1) is 0 Å². The van der Waals surface area contributed by atoms with E-state index >= 15 is 0 Å². The summed E-state index contributed by atoms with van der Waals surface area (Å²) < 4.78 is 0. The number of phenolic OH excluding ortho intramolecular Hbond substituents is 1. The van der Waals surface area contributed by atoms with E-state index in [1.54, 1.807) is 30.6 Å². The molecular weight excluding hydrogens is 488 g/mol. The number of aromatic hydroxyl groups is 1. The largest absolute Gasteiger partial charge is 0.507 e. The topological polar surface area (TPSA) is 97.4 Å². The van der Waals surface area contributed by atoms with Gasteiger partial charge in [0.05, 0.1) is 16.6 Å². The van der Waals surface area contributed by atoms with Gasteiger partial charge in [0, 0.05) is 56.4 Å². The van der Waals surface area contributed by atoms with E-state index in [0.29, 0.717) is 28.0 Å². The van der Waals surface area contributed by atoms with Gasteiger partial charge in [0.1, 0.15) is 11.6 Å². The van der Waals surface area contributed by atoms with Crippen LogP contribution in [0.15, 0.2) is 85.2 Å². The molecule has 8 nitrogen and oxygen atoms in total. The molecule has 3 heterocycles. The zero-order valence-electron chi connectivity index (χ0n) is 21.8. The number of pyridine rings is 1. The molecule has 0 spiro atoms. The Morgan fingerprint density at radius 1 is 0.923 bits per heavy atom. The minimum absolute atomic E-state index is 0.126. The van der Waals surface area contributed by atoms with Gasteiger partial charge >= 0.3 is 0 Å². The Bertz CT molecular complexity index is 1610. The molecule has 0 aliphatic carbocycles. The molecule has 8 heteroatoms. The highest BCUT2D eigenvalue weighted by Crippen LogP contribution is 2.33. The van der Waals surface area contributed by atoms with Crippen LogP contribution in [0.25, 0.3) is 33.5 Å². The first-order valence-corrected chi connectivity index (χ1v) is 13.1. The number of nitrogens with zero attached hydrogens (tertiary/aromatic N) is 4. The van der Waals surface area contributed by atoms with Crippen LogP contribution in [0.4, 0.5) is 5.69 Å². The number of fused-ring (bicyclic) bond motifs is 1. The Morgan fingerprint density at radius 3 is 2.46 bits per heavy atom. The van der Waals surface area contributed by atoms with Crippen LogP contribution in [0.3, 0.4) is 0 Å². The van der Waals surface area contributed by atoms with E-state index in [1.807, 2.05) is 42.5 Å². The first-order chi connectivity index (χ1) is 19.0. The molecule has 0 bridgehead atoms. The summed E-state index contributed by atoms with van der Waals surface area (Å²) in [6.07, 6.45) is 3.47. The number of likely N-dealkylation sites (N-methyl/N-ethyl adjacent to an activating group) is 1. The number of carbonyl (C=O) groups excluding carboxylic acids is 1. The fourth-order valence-electron chi connectivity index (χ4n) is 4.89. The molecule has 2 aromatic heterocycles. The molecule has 1 amide bonds. The summed E-state index contributed by atoms with van der Waals surface area (Å²) in [5, 5.41) is 13.5. The van der Waals surface area contributed by atoms with E-state index in [1.165, 1.54) is 5.56 Å². The van der Waals surface area contributed by atoms with Crippen LogP contribution >= 0.6 is 0 Å². The SMILES string of the molecule is CN1CCN(Cc2ccc(NC(=O)c3ccc4nc(-c5cc(-c6ccncc6)ccc5O)[nH]c4c3)cc2)CC1. The molecule has 1 aliphatic rings. The smallest absolute Gasteiger partial charge is 0.255 e. The number of imidazole rings is 1. The molecule has 1 saturated heterocycles. The average molecular weight is 519 g/mol. The quantitative estimate of drug-likeness (QED) is 0.293. The van der Waals surface area contributed by atoms with Gasteiger partial charge in [-0.2, -0.15) is 0 Å². The zero-order valence-corrected chi connectivity index (χ0v) is 21.8. The lowest BCUT2D eigenvalue weighted by Gasteiger charge is -2.32. The van der Waals surface area contributed by atoms with Gasteiger partial charge in [0.15, 0.2) is 0 Å². The van der Waals surface area contributed by atoms with E-state index in [9.17, 15) is 9.90 Å². The number of benzene rings is 3. The third-order valence-corrected chi connectivity index (χ3v) is 7.22. The lowest BCUT2D eigenvalue weighted by molar-refractivity contribution is 0.102. The van der Waals surface area contributed by atoms with Gasteiger partial charge in [-0.3, -0.25) is 14.7 Å². The number of aromatic amines is 1. The second kappa shape index (κ2) is 10.7. The van der Waals surface area contributed by atoms with Gasteiger partial charge in [-0.25, -0.2) is 4.98 Å². The first-order valence-electron chi connectivity index (χ1n) is 13.1. The van der Waals surface area contributed by atoms with Crippen molar-refractivity contribution in [1.82, 2.24) is 24.8 Å². The van der Waals surface area contributed by atoms with Crippen molar-refractivity contribution in [3.63, 3.8) is 0 Å². The molecule has 0 atom stereocenters. The maximum absolute atomic E-state index is 13.0. The number of phenols is 1. The normalized spacial score (nSPS) is 14.5. The minimum Gasteiger partial charge on any atom is -0.507 e. The van der Waals surface area contributed by atoms with Gasteiger partial charge in [-0.1, -0.05) is 18.2 Å². The first kappa shape index (κ1) is 24.8. The third kappa shape index (κ3) is 5.52. The average Bonchev–Trinajstić information content (AvgIpc) is 3.39. The molecular formula is C31H30N6O2. The number of rotatable bonds is 6. The molecule has 6 rings (SSSR count). The Labute approximate surface area is 227 Å². The highest BCUT2D eigenvalue weighted by Gasteiger charge is 2.15. The van der Waals surface area contributed by atoms with Crippen LogP contribution < -0.4 is 5.32 Å². The summed E-state index contributed by atoms with van der Waals surface area (Å²) in [4.78, 5) is 29.8.